The van der Waals surface area contributed by atoms with Crippen LogP contribution in [0.3, 0.4) is 0 Å². The first-order valence-corrected chi connectivity index (χ1v) is 13.0. The van der Waals surface area contributed by atoms with Gasteiger partial charge in [0.2, 0.25) is 5.91 Å². The third kappa shape index (κ3) is 5.05. The van der Waals surface area contributed by atoms with Crippen LogP contribution in [-0.4, -0.2) is 70.6 Å². The standard InChI is InChI=1S/C29H31N7O2/c1-35-12-14-36(15-13-35)21-7-11-24-26(18-21)34-29(32-24)20-6-10-23-25(17-20)33-28(31-23)19-4-8-22(9-5-19)38-16-2-3-27(30)37/h4-11,17-18H,2-3,12-16H2,1H3,(H2,30,37)(H,31,33)(H,32,34). The molecule has 0 atom stereocenters. The van der Waals surface area contributed by atoms with E-state index >= 15 is 0 Å². The molecule has 3 aromatic carbocycles. The summed E-state index contributed by atoms with van der Waals surface area (Å²) in [7, 11) is 2.17. The number of aromatic amines is 2. The van der Waals surface area contributed by atoms with Gasteiger partial charge in [-0.1, -0.05) is 0 Å². The fourth-order valence-electron chi connectivity index (χ4n) is 4.83. The summed E-state index contributed by atoms with van der Waals surface area (Å²) in [5.41, 5.74) is 12.2. The van der Waals surface area contributed by atoms with E-state index in [-0.39, 0.29) is 5.91 Å². The van der Waals surface area contributed by atoms with Crippen molar-refractivity contribution in [2.24, 2.45) is 5.73 Å². The Hall–Kier alpha value is -4.37. The predicted octanol–water partition coefficient (Wildman–Crippen LogP) is 4.17. The molecule has 0 unspecified atom stereocenters. The highest BCUT2D eigenvalue weighted by molar-refractivity contribution is 5.87. The lowest BCUT2D eigenvalue weighted by atomic mass is 10.2. The van der Waals surface area contributed by atoms with Crippen LogP contribution in [0.5, 0.6) is 5.75 Å². The van der Waals surface area contributed by atoms with Gasteiger partial charge in [0.15, 0.2) is 0 Å². The number of hydrogen-bond donors (Lipinski definition) is 3. The lowest BCUT2D eigenvalue weighted by Crippen LogP contribution is -2.44. The Bertz CT molecular complexity index is 1580. The molecule has 0 radical (unpaired) electrons. The Balaban J connectivity index is 1.19. The molecule has 9 nitrogen and oxygen atoms in total. The van der Waals surface area contributed by atoms with Gasteiger partial charge in [0.25, 0.3) is 0 Å². The Kier molecular flexibility index (Phi) is 6.43. The molecule has 9 heteroatoms. The molecule has 6 rings (SSSR count). The van der Waals surface area contributed by atoms with Gasteiger partial charge in [0.1, 0.15) is 17.4 Å². The molecule has 1 fully saturated rings. The number of H-pyrrole nitrogens is 2. The summed E-state index contributed by atoms with van der Waals surface area (Å²) in [6.45, 7) is 4.68. The van der Waals surface area contributed by atoms with Crippen LogP contribution in [0.4, 0.5) is 5.69 Å². The normalized spacial score (nSPS) is 14.4. The summed E-state index contributed by atoms with van der Waals surface area (Å²) in [6.07, 6.45) is 0.927. The summed E-state index contributed by atoms with van der Waals surface area (Å²) in [4.78, 5) is 32.2. The highest BCUT2D eigenvalue weighted by atomic mass is 16.5. The number of anilines is 1. The van der Waals surface area contributed by atoms with Crippen molar-refractivity contribution >= 4 is 33.7 Å². The number of carbonyl (C=O) groups is 1. The van der Waals surface area contributed by atoms with E-state index in [9.17, 15) is 4.79 Å². The van der Waals surface area contributed by atoms with Crippen LogP contribution in [0.15, 0.2) is 60.7 Å². The lowest BCUT2D eigenvalue weighted by molar-refractivity contribution is -0.118. The van der Waals surface area contributed by atoms with Crippen LogP contribution in [0.1, 0.15) is 12.8 Å². The number of benzene rings is 3. The van der Waals surface area contributed by atoms with Gasteiger partial charge in [0.05, 0.1) is 28.7 Å². The Morgan fingerprint density at radius 3 is 2.21 bits per heavy atom. The van der Waals surface area contributed by atoms with Crippen molar-refractivity contribution in [3.63, 3.8) is 0 Å². The van der Waals surface area contributed by atoms with Gasteiger partial charge < -0.3 is 30.2 Å². The van der Waals surface area contributed by atoms with Crippen LogP contribution in [-0.2, 0) is 4.79 Å². The molecule has 0 spiro atoms. The molecule has 1 amide bonds. The van der Waals surface area contributed by atoms with Crippen LogP contribution in [0, 0.1) is 0 Å². The van der Waals surface area contributed by atoms with E-state index in [0.717, 1.165) is 76.8 Å². The zero-order valence-electron chi connectivity index (χ0n) is 21.4. The van der Waals surface area contributed by atoms with Gasteiger partial charge in [-0.15, -0.1) is 0 Å². The smallest absolute Gasteiger partial charge is 0.217 e. The summed E-state index contributed by atoms with van der Waals surface area (Å²) in [6, 6.07) is 20.4. The van der Waals surface area contributed by atoms with Gasteiger partial charge >= 0.3 is 0 Å². The van der Waals surface area contributed by atoms with E-state index in [1.54, 1.807) is 0 Å². The Morgan fingerprint density at radius 2 is 1.50 bits per heavy atom. The second kappa shape index (κ2) is 10.2. The quantitative estimate of drug-likeness (QED) is 0.270. The van der Waals surface area contributed by atoms with E-state index in [0.29, 0.717) is 19.4 Å². The van der Waals surface area contributed by atoms with E-state index in [1.807, 2.05) is 30.3 Å². The molecule has 1 aliphatic heterocycles. The third-order valence-electron chi connectivity index (χ3n) is 7.05. The van der Waals surface area contributed by atoms with Crippen LogP contribution >= 0.6 is 0 Å². The summed E-state index contributed by atoms with van der Waals surface area (Å²) in [5.74, 6) is 2.07. The van der Waals surface area contributed by atoms with E-state index in [1.165, 1.54) is 5.69 Å². The van der Waals surface area contributed by atoms with Crippen LogP contribution in [0.25, 0.3) is 44.8 Å². The maximum atomic E-state index is 10.9. The zero-order chi connectivity index (χ0) is 26.1. The number of ether oxygens (including phenoxy) is 1. The number of hydrogen-bond acceptors (Lipinski definition) is 6. The Morgan fingerprint density at radius 1 is 0.868 bits per heavy atom. The number of carbonyl (C=O) groups excluding carboxylic acids is 1. The number of nitrogens with zero attached hydrogens (tertiary/aromatic N) is 4. The van der Waals surface area contributed by atoms with Gasteiger partial charge in [-0.25, -0.2) is 9.97 Å². The second-order valence-electron chi connectivity index (χ2n) is 9.84. The number of piperazine rings is 1. The minimum atomic E-state index is -0.312. The largest absolute Gasteiger partial charge is 0.494 e. The Labute approximate surface area is 220 Å². The number of likely N-dealkylation sites (N-methyl/N-ethyl adjacent to an activating group) is 1. The highest BCUT2D eigenvalue weighted by Crippen LogP contribution is 2.28. The van der Waals surface area contributed by atoms with Crippen molar-refractivity contribution < 1.29 is 9.53 Å². The summed E-state index contributed by atoms with van der Waals surface area (Å²) < 4.78 is 5.69. The predicted molar refractivity (Wildman–Crippen MR) is 150 cm³/mol. The van der Waals surface area contributed by atoms with Crippen molar-refractivity contribution in [3.05, 3.63) is 60.7 Å². The van der Waals surface area contributed by atoms with Gasteiger partial charge in [-0.05, 0) is 74.1 Å². The molecule has 0 aliphatic carbocycles. The molecule has 0 saturated carbocycles. The number of fused-ring (bicyclic) bond motifs is 2. The number of imidazole rings is 2. The van der Waals surface area contributed by atoms with Crippen molar-refractivity contribution in [2.45, 2.75) is 12.8 Å². The average molecular weight is 510 g/mol. The first-order valence-electron chi connectivity index (χ1n) is 13.0. The second-order valence-corrected chi connectivity index (χ2v) is 9.84. The van der Waals surface area contributed by atoms with E-state index in [2.05, 4.69) is 57.1 Å². The van der Waals surface area contributed by atoms with Gasteiger partial charge in [0, 0.05) is 49.4 Å². The van der Waals surface area contributed by atoms with Crippen molar-refractivity contribution in [2.75, 3.05) is 44.7 Å². The number of primary amides is 1. The zero-order valence-corrected chi connectivity index (χ0v) is 21.4. The number of aromatic nitrogens is 4. The van der Waals surface area contributed by atoms with Gasteiger partial charge in [-0.2, -0.15) is 0 Å². The minimum absolute atomic E-state index is 0.312. The molecule has 4 N–H and O–H groups in total. The highest BCUT2D eigenvalue weighted by Gasteiger charge is 2.16. The molecular formula is C29H31N7O2. The lowest BCUT2D eigenvalue weighted by Gasteiger charge is -2.34. The number of amides is 1. The van der Waals surface area contributed by atoms with Crippen molar-refractivity contribution in [1.82, 2.24) is 24.8 Å². The summed E-state index contributed by atoms with van der Waals surface area (Å²) in [5, 5.41) is 0. The maximum Gasteiger partial charge on any atom is 0.217 e. The first-order chi connectivity index (χ1) is 18.5. The van der Waals surface area contributed by atoms with Crippen LogP contribution < -0.4 is 15.4 Å². The van der Waals surface area contributed by atoms with E-state index in [4.69, 9.17) is 20.4 Å². The fourth-order valence-corrected chi connectivity index (χ4v) is 4.83. The maximum absolute atomic E-state index is 10.9. The molecule has 0 bridgehead atoms. The molecular weight excluding hydrogens is 478 g/mol. The third-order valence-corrected chi connectivity index (χ3v) is 7.05. The number of nitrogens with two attached hydrogens (primary N) is 1. The molecule has 38 heavy (non-hydrogen) atoms. The molecule has 1 aliphatic rings. The number of rotatable bonds is 8. The monoisotopic (exact) mass is 509 g/mol. The first kappa shape index (κ1) is 24.0. The van der Waals surface area contributed by atoms with Crippen LogP contribution in [0.2, 0.25) is 0 Å². The molecule has 5 aromatic rings. The molecule has 1 saturated heterocycles. The SMILES string of the molecule is CN1CCN(c2ccc3nc(-c4ccc5nc(-c6ccc(OCCCC(N)=O)cc6)[nH]c5c4)[nH]c3c2)CC1. The molecule has 194 valence electrons. The van der Waals surface area contributed by atoms with E-state index < -0.39 is 0 Å². The fraction of sp³-hybridized carbons (Fsp3) is 0.276. The summed E-state index contributed by atoms with van der Waals surface area (Å²) >= 11 is 0. The van der Waals surface area contributed by atoms with Gasteiger partial charge in [-0.3, -0.25) is 4.79 Å². The minimum Gasteiger partial charge on any atom is -0.494 e. The molecule has 3 heterocycles. The molecule has 2 aromatic heterocycles. The average Bonchev–Trinajstić information content (AvgIpc) is 3.55. The van der Waals surface area contributed by atoms with Crippen molar-refractivity contribution in [3.8, 4) is 28.5 Å². The number of nitrogens with one attached hydrogen (secondary N) is 2. The van der Waals surface area contributed by atoms with Crippen molar-refractivity contribution in [1.29, 1.82) is 0 Å². The topological polar surface area (TPSA) is 116 Å².